The number of nitrogens with zero attached hydrogens (tertiary/aromatic N) is 3. The summed E-state index contributed by atoms with van der Waals surface area (Å²) in [7, 11) is 5.67. The second-order valence-electron chi connectivity index (χ2n) is 6.10. The molecule has 1 heterocycles. The SMILES string of the molecule is CCNC(=NCc1ccnc(N(C)C)c1)NCCc1ccccc1OC.I. The van der Waals surface area contributed by atoms with Gasteiger partial charge in [0.1, 0.15) is 11.6 Å². The topological polar surface area (TPSA) is 61.8 Å². The molecule has 0 fully saturated rings. The van der Waals surface area contributed by atoms with Crippen LogP contribution in [-0.4, -0.2) is 45.2 Å². The van der Waals surface area contributed by atoms with Gasteiger partial charge in [-0.15, -0.1) is 24.0 Å². The Morgan fingerprint density at radius 1 is 1.19 bits per heavy atom. The van der Waals surface area contributed by atoms with Crippen LogP contribution < -0.4 is 20.3 Å². The summed E-state index contributed by atoms with van der Waals surface area (Å²) in [6, 6.07) is 12.1. The molecule has 0 saturated heterocycles. The van der Waals surface area contributed by atoms with Gasteiger partial charge in [-0.1, -0.05) is 18.2 Å². The van der Waals surface area contributed by atoms with Crippen molar-refractivity contribution in [1.82, 2.24) is 15.6 Å². The standard InChI is InChI=1S/C20H29N5O.HI/c1-5-21-20(23-13-11-17-8-6-7-9-18(17)26-4)24-15-16-10-12-22-19(14-16)25(2)3;/h6-10,12,14H,5,11,13,15H2,1-4H3,(H2,21,23,24);1H. The molecule has 0 aliphatic carbocycles. The summed E-state index contributed by atoms with van der Waals surface area (Å²) < 4.78 is 5.40. The van der Waals surface area contributed by atoms with Gasteiger partial charge in [-0.05, 0) is 42.7 Å². The maximum absolute atomic E-state index is 5.40. The quantitative estimate of drug-likeness (QED) is 0.344. The third-order valence-electron chi connectivity index (χ3n) is 3.91. The van der Waals surface area contributed by atoms with Gasteiger partial charge < -0.3 is 20.3 Å². The molecule has 2 aromatic rings. The second-order valence-corrected chi connectivity index (χ2v) is 6.10. The molecule has 0 amide bonds. The number of guanidine groups is 1. The van der Waals surface area contributed by atoms with Gasteiger partial charge >= 0.3 is 0 Å². The van der Waals surface area contributed by atoms with E-state index in [0.29, 0.717) is 6.54 Å². The Hall–Kier alpha value is -2.03. The van der Waals surface area contributed by atoms with Crippen molar-refractivity contribution in [1.29, 1.82) is 0 Å². The van der Waals surface area contributed by atoms with Crippen LogP contribution in [0.2, 0.25) is 0 Å². The number of hydrogen-bond donors (Lipinski definition) is 2. The Morgan fingerprint density at radius 3 is 2.67 bits per heavy atom. The Labute approximate surface area is 179 Å². The van der Waals surface area contributed by atoms with E-state index in [1.54, 1.807) is 7.11 Å². The van der Waals surface area contributed by atoms with Crippen molar-refractivity contribution in [2.75, 3.05) is 39.2 Å². The number of aromatic nitrogens is 1. The Balaban J connectivity index is 0.00000364. The van der Waals surface area contributed by atoms with Gasteiger partial charge in [0.25, 0.3) is 0 Å². The van der Waals surface area contributed by atoms with Crippen LogP contribution in [0.4, 0.5) is 5.82 Å². The number of methoxy groups -OCH3 is 1. The summed E-state index contributed by atoms with van der Waals surface area (Å²) >= 11 is 0. The fourth-order valence-corrected chi connectivity index (χ4v) is 2.54. The summed E-state index contributed by atoms with van der Waals surface area (Å²) in [6.45, 7) is 4.27. The highest BCUT2D eigenvalue weighted by Crippen LogP contribution is 2.17. The number of pyridine rings is 1. The molecule has 0 aliphatic heterocycles. The molecule has 0 bridgehead atoms. The van der Waals surface area contributed by atoms with Crippen LogP contribution in [0, 0.1) is 0 Å². The van der Waals surface area contributed by atoms with Crippen molar-refractivity contribution in [2.45, 2.75) is 19.9 Å². The zero-order valence-corrected chi connectivity index (χ0v) is 18.9. The first kappa shape index (κ1) is 23.0. The first-order valence-electron chi connectivity index (χ1n) is 8.90. The minimum atomic E-state index is 0. The summed E-state index contributed by atoms with van der Waals surface area (Å²) in [4.78, 5) is 11.0. The van der Waals surface area contributed by atoms with E-state index >= 15 is 0 Å². The smallest absolute Gasteiger partial charge is 0.191 e. The number of nitrogens with one attached hydrogen (secondary N) is 2. The van der Waals surface area contributed by atoms with Crippen LogP contribution in [0.15, 0.2) is 47.6 Å². The number of aliphatic imine (C=N–C) groups is 1. The van der Waals surface area contributed by atoms with Crippen molar-refractivity contribution in [3.63, 3.8) is 0 Å². The fraction of sp³-hybridized carbons (Fsp3) is 0.400. The molecule has 0 spiro atoms. The lowest BCUT2D eigenvalue weighted by Gasteiger charge is -2.13. The van der Waals surface area contributed by atoms with Crippen LogP contribution in [0.5, 0.6) is 5.75 Å². The molecular weight excluding hydrogens is 453 g/mol. The largest absolute Gasteiger partial charge is 0.496 e. The number of hydrogen-bond acceptors (Lipinski definition) is 4. The molecule has 1 aromatic heterocycles. The molecule has 2 rings (SSSR count). The van der Waals surface area contributed by atoms with E-state index in [1.165, 1.54) is 5.56 Å². The van der Waals surface area contributed by atoms with Gasteiger partial charge in [0.2, 0.25) is 0 Å². The molecule has 148 valence electrons. The van der Waals surface area contributed by atoms with Crippen LogP contribution >= 0.6 is 24.0 Å². The number of ether oxygens (including phenoxy) is 1. The molecule has 0 aliphatic rings. The highest BCUT2D eigenvalue weighted by Gasteiger charge is 2.03. The highest BCUT2D eigenvalue weighted by atomic mass is 127. The van der Waals surface area contributed by atoms with E-state index in [9.17, 15) is 0 Å². The molecule has 27 heavy (non-hydrogen) atoms. The minimum Gasteiger partial charge on any atom is -0.496 e. The zero-order chi connectivity index (χ0) is 18.8. The number of para-hydroxylation sites is 1. The van der Waals surface area contributed by atoms with Crippen LogP contribution in [0.1, 0.15) is 18.1 Å². The lowest BCUT2D eigenvalue weighted by molar-refractivity contribution is 0.409. The molecule has 1 aromatic carbocycles. The van der Waals surface area contributed by atoms with Crippen molar-refractivity contribution in [2.24, 2.45) is 4.99 Å². The summed E-state index contributed by atoms with van der Waals surface area (Å²) in [6.07, 6.45) is 2.69. The van der Waals surface area contributed by atoms with E-state index in [-0.39, 0.29) is 24.0 Å². The molecule has 2 N–H and O–H groups in total. The predicted octanol–water partition coefficient (Wildman–Crippen LogP) is 3.07. The maximum Gasteiger partial charge on any atom is 0.191 e. The van der Waals surface area contributed by atoms with E-state index in [1.807, 2.05) is 49.5 Å². The third kappa shape index (κ3) is 7.62. The van der Waals surface area contributed by atoms with Gasteiger partial charge in [-0.3, -0.25) is 0 Å². The summed E-state index contributed by atoms with van der Waals surface area (Å²) in [5.41, 5.74) is 2.31. The van der Waals surface area contributed by atoms with Gasteiger partial charge in [0, 0.05) is 33.4 Å². The van der Waals surface area contributed by atoms with Crippen LogP contribution in [0.25, 0.3) is 0 Å². The maximum atomic E-state index is 5.40. The third-order valence-corrected chi connectivity index (χ3v) is 3.91. The summed E-state index contributed by atoms with van der Waals surface area (Å²) in [5, 5.41) is 6.67. The first-order valence-corrected chi connectivity index (χ1v) is 8.90. The molecule has 7 heteroatoms. The van der Waals surface area contributed by atoms with Crippen LogP contribution in [-0.2, 0) is 13.0 Å². The number of anilines is 1. The Morgan fingerprint density at radius 2 is 1.96 bits per heavy atom. The monoisotopic (exact) mass is 483 g/mol. The van der Waals surface area contributed by atoms with Gasteiger partial charge in [0.05, 0.1) is 13.7 Å². The normalized spacial score (nSPS) is 10.7. The predicted molar refractivity (Wildman–Crippen MR) is 123 cm³/mol. The second kappa shape index (κ2) is 12.4. The Kier molecular flexibility index (Phi) is 10.5. The van der Waals surface area contributed by atoms with E-state index in [2.05, 4.69) is 39.7 Å². The number of halogens is 1. The average molecular weight is 483 g/mol. The molecule has 6 nitrogen and oxygen atoms in total. The Bertz CT molecular complexity index is 721. The van der Waals surface area contributed by atoms with Crippen molar-refractivity contribution in [3.8, 4) is 5.75 Å². The minimum absolute atomic E-state index is 0. The van der Waals surface area contributed by atoms with Crippen molar-refractivity contribution < 1.29 is 4.74 Å². The van der Waals surface area contributed by atoms with E-state index in [4.69, 9.17) is 4.74 Å². The fourth-order valence-electron chi connectivity index (χ4n) is 2.54. The summed E-state index contributed by atoms with van der Waals surface area (Å²) in [5.74, 6) is 2.67. The molecule has 0 saturated carbocycles. The average Bonchev–Trinajstić information content (AvgIpc) is 2.66. The van der Waals surface area contributed by atoms with Crippen molar-refractivity contribution >= 4 is 35.8 Å². The van der Waals surface area contributed by atoms with Gasteiger partial charge in [-0.25, -0.2) is 9.98 Å². The van der Waals surface area contributed by atoms with Crippen molar-refractivity contribution in [3.05, 3.63) is 53.7 Å². The number of rotatable bonds is 8. The molecule has 0 atom stereocenters. The molecular formula is C20H30IN5O. The highest BCUT2D eigenvalue weighted by molar-refractivity contribution is 14.0. The zero-order valence-electron chi connectivity index (χ0n) is 16.5. The lowest BCUT2D eigenvalue weighted by atomic mass is 10.1. The molecule has 0 unspecified atom stereocenters. The van der Waals surface area contributed by atoms with Gasteiger partial charge in [0.15, 0.2) is 5.96 Å². The number of benzene rings is 1. The van der Waals surface area contributed by atoms with Crippen LogP contribution in [0.3, 0.4) is 0 Å². The lowest BCUT2D eigenvalue weighted by Crippen LogP contribution is -2.38. The van der Waals surface area contributed by atoms with Gasteiger partial charge in [-0.2, -0.15) is 0 Å². The first-order chi connectivity index (χ1) is 12.6. The van der Waals surface area contributed by atoms with E-state index in [0.717, 1.165) is 42.6 Å². The molecule has 0 radical (unpaired) electrons. The van der Waals surface area contributed by atoms with E-state index < -0.39 is 0 Å².